The van der Waals surface area contributed by atoms with Gasteiger partial charge in [0.1, 0.15) is 12.2 Å². The predicted octanol–water partition coefficient (Wildman–Crippen LogP) is 4.60. The molecule has 4 aliphatic rings. The van der Waals surface area contributed by atoms with Gasteiger partial charge in [0.05, 0.1) is 13.2 Å². The zero-order chi connectivity index (χ0) is 26.4. The maximum atomic E-state index is 12.2. The second-order valence-electron chi connectivity index (χ2n) is 12.4. The highest BCUT2D eigenvalue weighted by atomic mass is 16.5. The summed E-state index contributed by atoms with van der Waals surface area (Å²) in [7, 11) is 1.41. The SMILES string of the molecule is COC(=O)CCC(C)C1=CC(O)C2C3C(OC(C)=O)CC4CC(OC(C)=O)CCC4(C)C3CCC12C. The summed E-state index contributed by atoms with van der Waals surface area (Å²) in [4.78, 5) is 35.6. The number of fused-ring (bicyclic) bond motifs is 5. The Bertz CT molecular complexity index is 911. The first kappa shape index (κ1) is 27.2. The van der Waals surface area contributed by atoms with E-state index in [4.69, 9.17) is 14.2 Å². The Morgan fingerprint density at radius 1 is 1.08 bits per heavy atom. The fourth-order valence-corrected chi connectivity index (χ4v) is 8.84. The number of hydrogen-bond donors (Lipinski definition) is 1. The van der Waals surface area contributed by atoms with Crippen molar-refractivity contribution in [2.45, 2.75) is 104 Å². The van der Waals surface area contributed by atoms with Gasteiger partial charge in [0, 0.05) is 32.1 Å². The number of methoxy groups -OCH3 is 1. The Morgan fingerprint density at radius 3 is 2.42 bits per heavy atom. The highest BCUT2D eigenvalue weighted by molar-refractivity contribution is 5.69. The Morgan fingerprint density at radius 2 is 1.78 bits per heavy atom. The predicted molar refractivity (Wildman–Crippen MR) is 133 cm³/mol. The number of aliphatic hydroxyl groups is 1. The summed E-state index contributed by atoms with van der Waals surface area (Å²) in [6.07, 6.45) is 7.47. The summed E-state index contributed by atoms with van der Waals surface area (Å²) >= 11 is 0. The highest BCUT2D eigenvalue weighted by Crippen LogP contribution is 2.67. The first-order valence-electron chi connectivity index (χ1n) is 13.7. The van der Waals surface area contributed by atoms with Crippen LogP contribution in [0.4, 0.5) is 0 Å². The van der Waals surface area contributed by atoms with Crippen LogP contribution in [0.15, 0.2) is 11.6 Å². The van der Waals surface area contributed by atoms with Gasteiger partial charge < -0.3 is 19.3 Å². The van der Waals surface area contributed by atoms with Crippen LogP contribution in [-0.2, 0) is 28.6 Å². The Hall–Kier alpha value is -1.89. The van der Waals surface area contributed by atoms with Gasteiger partial charge in [0.15, 0.2) is 0 Å². The molecule has 0 aliphatic heterocycles. The maximum absolute atomic E-state index is 12.2. The molecule has 3 saturated carbocycles. The van der Waals surface area contributed by atoms with E-state index in [9.17, 15) is 19.5 Å². The van der Waals surface area contributed by atoms with E-state index in [0.29, 0.717) is 24.7 Å². The molecule has 202 valence electrons. The topological polar surface area (TPSA) is 99.1 Å². The molecule has 0 aromatic carbocycles. The number of hydrogen-bond acceptors (Lipinski definition) is 7. The van der Waals surface area contributed by atoms with Gasteiger partial charge in [-0.15, -0.1) is 0 Å². The van der Waals surface area contributed by atoms with Crippen LogP contribution in [0, 0.1) is 40.4 Å². The van der Waals surface area contributed by atoms with Crippen molar-refractivity contribution in [1.29, 1.82) is 0 Å². The number of rotatable bonds is 6. The van der Waals surface area contributed by atoms with Gasteiger partial charge in [-0.3, -0.25) is 14.4 Å². The molecule has 7 heteroatoms. The number of esters is 3. The number of aliphatic hydroxyl groups excluding tert-OH is 1. The van der Waals surface area contributed by atoms with Crippen molar-refractivity contribution >= 4 is 17.9 Å². The fourth-order valence-electron chi connectivity index (χ4n) is 8.84. The Balaban J connectivity index is 1.62. The summed E-state index contributed by atoms with van der Waals surface area (Å²) < 4.78 is 16.5. The average molecular weight is 505 g/mol. The summed E-state index contributed by atoms with van der Waals surface area (Å²) in [5.41, 5.74) is 1.08. The van der Waals surface area contributed by atoms with Gasteiger partial charge in [-0.2, -0.15) is 0 Å². The molecule has 10 unspecified atom stereocenters. The van der Waals surface area contributed by atoms with Crippen LogP contribution < -0.4 is 0 Å². The quantitative estimate of drug-likeness (QED) is 0.321. The standard InChI is InChI=1S/C29H44O7/c1-16(7-8-25(33)34-6)22-15-23(32)27-26-21(10-12-29(22,27)5)28(4)11-9-20(35-17(2)30)13-19(28)14-24(26)36-18(3)31/h15-16,19-21,23-24,26-27,32H,7-14H2,1-6H3. The first-order chi connectivity index (χ1) is 16.9. The molecule has 7 nitrogen and oxygen atoms in total. The van der Waals surface area contributed by atoms with Gasteiger partial charge >= 0.3 is 17.9 Å². The molecule has 0 amide bonds. The lowest BCUT2D eigenvalue weighted by Gasteiger charge is -2.62. The number of ether oxygens (including phenoxy) is 3. The maximum Gasteiger partial charge on any atom is 0.305 e. The molecule has 36 heavy (non-hydrogen) atoms. The minimum atomic E-state index is -0.603. The summed E-state index contributed by atoms with van der Waals surface area (Å²) in [5, 5.41) is 11.5. The molecule has 0 radical (unpaired) electrons. The summed E-state index contributed by atoms with van der Waals surface area (Å²) in [6.45, 7) is 9.71. The van der Waals surface area contributed by atoms with E-state index < -0.39 is 6.10 Å². The van der Waals surface area contributed by atoms with Crippen LogP contribution in [0.25, 0.3) is 0 Å². The second-order valence-corrected chi connectivity index (χ2v) is 12.4. The molecule has 10 atom stereocenters. The Labute approximate surface area is 215 Å². The van der Waals surface area contributed by atoms with Crippen LogP contribution in [-0.4, -0.2) is 48.4 Å². The minimum Gasteiger partial charge on any atom is -0.469 e. The molecule has 0 spiro atoms. The highest BCUT2D eigenvalue weighted by Gasteiger charge is 2.64. The van der Waals surface area contributed by atoms with Crippen LogP contribution in [0.2, 0.25) is 0 Å². The third kappa shape index (κ3) is 4.72. The Kier molecular flexibility index (Phi) is 7.63. The van der Waals surface area contributed by atoms with E-state index in [1.165, 1.54) is 26.5 Å². The second kappa shape index (κ2) is 10.1. The van der Waals surface area contributed by atoms with E-state index in [1.807, 2.05) is 6.08 Å². The minimum absolute atomic E-state index is 0.0276. The lowest BCUT2D eigenvalue weighted by atomic mass is 9.43. The van der Waals surface area contributed by atoms with Crippen molar-refractivity contribution in [2.75, 3.05) is 7.11 Å². The summed E-state index contributed by atoms with van der Waals surface area (Å²) in [5.74, 6) is 0.0852. The fraction of sp³-hybridized carbons (Fsp3) is 0.828. The molecule has 0 aromatic rings. The number of carbonyl (C=O) groups is 3. The van der Waals surface area contributed by atoms with E-state index in [1.54, 1.807) is 0 Å². The molecule has 4 rings (SSSR count). The van der Waals surface area contributed by atoms with E-state index >= 15 is 0 Å². The van der Waals surface area contributed by atoms with Crippen molar-refractivity contribution in [3.8, 4) is 0 Å². The smallest absolute Gasteiger partial charge is 0.305 e. The molecular formula is C29H44O7. The van der Waals surface area contributed by atoms with Crippen molar-refractivity contribution in [3.05, 3.63) is 11.6 Å². The van der Waals surface area contributed by atoms with Crippen molar-refractivity contribution < 1.29 is 33.7 Å². The largest absolute Gasteiger partial charge is 0.469 e. The third-order valence-electron chi connectivity index (χ3n) is 10.4. The molecule has 0 heterocycles. The monoisotopic (exact) mass is 504 g/mol. The molecular weight excluding hydrogens is 460 g/mol. The normalized spacial score (nSPS) is 42.2. The lowest BCUT2D eigenvalue weighted by Crippen LogP contribution is -2.60. The van der Waals surface area contributed by atoms with E-state index in [-0.39, 0.29) is 58.7 Å². The van der Waals surface area contributed by atoms with Crippen LogP contribution in [0.1, 0.15) is 86.0 Å². The zero-order valence-corrected chi connectivity index (χ0v) is 22.7. The van der Waals surface area contributed by atoms with Gasteiger partial charge in [-0.1, -0.05) is 32.4 Å². The molecule has 0 aromatic heterocycles. The van der Waals surface area contributed by atoms with Crippen molar-refractivity contribution in [1.82, 2.24) is 0 Å². The van der Waals surface area contributed by atoms with Gasteiger partial charge in [-0.25, -0.2) is 0 Å². The summed E-state index contributed by atoms with van der Waals surface area (Å²) in [6, 6.07) is 0. The van der Waals surface area contributed by atoms with Crippen LogP contribution in [0.3, 0.4) is 0 Å². The molecule has 1 N–H and O–H groups in total. The first-order valence-corrected chi connectivity index (χ1v) is 13.7. The van der Waals surface area contributed by atoms with Gasteiger partial charge in [-0.05, 0) is 73.5 Å². The zero-order valence-electron chi connectivity index (χ0n) is 22.7. The van der Waals surface area contributed by atoms with Crippen molar-refractivity contribution in [2.24, 2.45) is 40.4 Å². The van der Waals surface area contributed by atoms with E-state index in [0.717, 1.165) is 38.5 Å². The molecule has 0 saturated heterocycles. The number of carbonyl (C=O) groups excluding carboxylic acids is 3. The lowest BCUT2D eigenvalue weighted by molar-refractivity contribution is -0.200. The third-order valence-corrected chi connectivity index (χ3v) is 10.4. The van der Waals surface area contributed by atoms with Crippen LogP contribution >= 0.6 is 0 Å². The van der Waals surface area contributed by atoms with Crippen LogP contribution in [0.5, 0.6) is 0 Å². The van der Waals surface area contributed by atoms with Gasteiger partial charge in [0.25, 0.3) is 0 Å². The molecule has 3 fully saturated rings. The number of allylic oxidation sites excluding steroid dienone is 1. The van der Waals surface area contributed by atoms with E-state index in [2.05, 4.69) is 20.8 Å². The van der Waals surface area contributed by atoms with Gasteiger partial charge in [0.2, 0.25) is 0 Å². The molecule has 4 aliphatic carbocycles. The average Bonchev–Trinajstić information content (AvgIpc) is 3.08. The van der Waals surface area contributed by atoms with Crippen molar-refractivity contribution in [3.63, 3.8) is 0 Å². The molecule has 0 bridgehead atoms.